The molecule has 0 radical (unpaired) electrons. The Kier molecular flexibility index (Phi) is 7.48. The van der Waals surface area contributed by atoms with Gasteiger partial charge in [-0.1, -0.05) is 13.8 Å². The highest BCUT2D eigenvalue weighted by atomic mass is 19.4. The summed E-state index contributed by atoms with van der Waals surface area (Å²) in [6, 6.07) is -1.26. The number of hydrogen-bond donors (Lipinski definition) is 4. The van der Waals surface area contributed by atoms with Crippen LogP contribution >= 0.6 is 0 Å². The maximum Gasteiger partial charge on any atom is 0.471 e. The van der Waals surface area contributed by atoms with E-state index in [4.69, 9.17) is 4.74 Å². The highest BCUT2D eigenvalue weighted by Gasteiger charge is 2.69. The van der Waals surface area contributed by atoms with Crippen LogP contribution in [0.3, 0.4) is 0 Å². The number of amides is 3. The van der Waals surface area contributed by atoms with Crippen molar-refractivity contribution in [3.8, 4) is 6.07 Å². The summed E-state index contributed by atoms with van der Waals surface area (Å²) in [5, 5.41) is 28.5. The Hall–Kier alpha value is -2.43. The van der Waals surface area contributed by atoms with Gasteiger partial charge in [-0.25, -0.2) is 0 Å². The minimum atomic E-state index is -5.15. The molecule has 38 heavy (non-hydrogen) atoms. The number of rotatable bonds is 8. The predicted molar refractivity (Wildman–Crippen MR) is 127 cm³/mol. The smallest absolute Gasteiger partial charge is 0.376 e. The van der Waals surface area contributed by atoms with Gasteiger partial charge in [0.25, 0.3) is 0 Å². The topological polar surface area (TPSA) is 144 Å². The van der Waals surface area contributed by atoms with Crippen LogP contribution in [-0.4, -0.2) is 83.1 Å². The van der Waals surface area contributed by atoms with Gasteiger partial charge in [-0.15, -0.1) is 0 Å². The predicted octanol–water partition coefficient (Wildman–Crippen LogP) is 0.800. The van der Waals surface area contributed by atoms with E-state index in [0.29, 0.717) is 19.3 Å². The van der Waals surface area contributed by atoms with E-state index in [9.17, 15) is 37.9 Å². The first kappa shape index (κ1) is 28.6. The third-order valence-electron chi connectivity index (χ3n) is 8.68. The SMILES string of the molecule is CC1(C)C[C@@H](C[C@@H](C#N)NC(=O)[C@@H]2[C@@H]3[C@H](CN2C(O)[C@@H](NC(=O)C(F)(F)F)C2CCCO2)C3(C)C)C(=O)N1. The minimum Gasteiger partial charge on any atom is -0.376 e. The molecule has 4 aliphatic rings. The maximum absolute atomic E-state index is 13.5. The van der Waals surface area contributed by atoms with Crippen molar-refractivity contribution in [3.63, 3.8) is 0 Å². The molecule has 1 aliphatic carbocycles. The van der Waals surface area contributed by atoms with E-state index in [0.717, 1.165) is 0 Å². The van der Waals surface area contributed by atoms with E-state index < -0.39 is 59.9 Å². The lowest BCUT2D eigenvalue weighted by atomic mass is 9.91. The number of alkyl halides is 3. The van der Waals surface area contributed by atoms with Crippen LogP contribution in [0.25, 0.3) is 0 Å². The Labute approximate surface area is 219 Å². The molecular weight excluding hydrogens is 507 g/mol. The molecule has 4 fully saturated rings. The zero-order valence-corrected chi connectivity index (χ0v) is 22.0. The first-order valence-electron chi connectivity index (χ1n) is 13.0. The number of nitriles is 1. The molecule has 1 saturated carbocycles. The van der Waals surface area contributed by atoms with E-state index >= 15 is 0 Å². The number of carbonyl (C=O) groups is 3. The molecule has 2 unspecified atom stereocenters. The Balaban J connectivity index is 1.51. The number of nitrogens with zero attached hydrogens (tertiary/aromatic N) is 2. The normalized spacial score (nSPS) is 34.0. The third kappa shape index (κ3) is 5.49. The summed E-state index contributed by atoms with van der Waals surface area (Å²) in [6.45, 7) is 8.22. The lowest BCUT2D eigenvalue weighted by molar-refractivity contribution is -0.178. The van der Waals surface area contributed by atoms with Gasteiger partial charge in [0.1, 0.15) is 12.3 Å². The average Bonchev–Trinajstić information content (AvgIpc) is 3.32. The summed E-state index contributed by atoms with van der Waals surface area (Å²) in [5.41, 5.74) is -0.661. The van der Waals surface area contributed by atoms with Crippen LogP contribution in [0.15, 0.2) is 0 Å². The first-order chi connectivity index (χ1) is 17.6. The van der Waals surface area contributed by atoms with Crippen molar-refractivity contribution in [1.82, 2.24) is 20.9 Å². The van der Waals surface area contributed by atoms with E-state index in [-0.39, 0.29) is 42.7 Å². The van der Waals surface area contributed by atoms with Gasteiger partial charge in [0.05, 0.1) is 24.3 Å². The summed E-state index contributed by atoms with van der Waals surface area (Å²) in [6.07, 6.45) is -6.08. The number of halogens is 3. The zero-order valence-electron chi connectivity index (χ0n) is 22.0. The van der Waals surface area contributed by atoms with Crippen molar-refractivity contribution in [1.29, 1.82) is 5.26 Å². The highest BCUT2D eigenvalue weighted by molar-refractivity contribution is 5.85. The molecule has 0 spiro atoms. The van der Waals surface area contributed by atoms with Crippen molar-refractivity contribution < 1.29 is 37.4 Å². The monoisotopic (exact) mass is 543 g/mol. The molecule has 4 N–H and O–H groups in total. The molecular formula is C25H36F3N5O5. The molecule has 0 aromatic carbocycles. The van der Waals surface area contributed by atoms with Crippen molar-refractivity contribution in [2.45, 2.75) is 95.6 Å². The second-order valence-corrected chi connectivity index (χ2v) is 12.3. The number of aliphatic hydroxyl groups is 1. The molecule has 3 saturated heterocycles. The minimum absolute atomic E-state index is 0.00157. The van der Waals surface area contributed by atoms with Gasteiger partial charge in [-0.05, 0) is 56.8 Å². The van der Waals surface area contributed by atoms with Gasteiger partial charge in [-0.3, -0.25) is 19.3 Å². The van der Waals surface area contributed by atoms with Crippen molar-refractivity contribution >= 4 is 17.7 Å². The lowest BCUT2D eigenvalue weighted by Crippen LogP contribution is -2.62. The number of nitrogens with one attached hydrogen (secondary N) is 3. The molecule has 0 aromatic rings. The summed E-state index contributed by atoms with van der Waals surface area (Å²) in [7, 11) is 0. The number of piperidine rings is 1. The number of carbonyl (C=O) groups excluding carboxylic acids is 3. The highest BCUT2D eigenvalue weighted by Crippen LogP contribution is 2.65. The van der Waals surface area contributed by atoms with Crippen LogP contribution in [-0.2, 0) is 19.1 Å². The van der Waals surface area contributed by atoms with Gasteiger partial charge in [0.2, 0.25) is 11.8 Å². The van der Waals surface area contributed by atoms with Gasteiger partial charge < -0.3 is 25.8 Å². The summed E-state index contributed by atoms with van der Waals surface area (Å²) in [5.74, 6) is -3.57. The van der Waals surface area contributed by atoms with E-state index in [1.165, 1.54) is 4.90 Å². The number of hydrogen-bond acceptors (Lipinski definition) is 7. The molecule has 3 heterocycles. The first-order valence-corrected chi connectivity index (χ1v) is 13.0. The van der Waals surface area contributed by atoms with Crippen LogP contribution < -0.4 is 16.0 Å². The van der Waals surface area contributed by atoms with E-state index in [1.54, 1.807) is 0 Å². The fourth-order valence-corrected chi connectivity index (χ4v) is 6.65. The van der Waals surface area contributed by atoms with E-state index in [1.807, 2.05) is 39.1 Å². The summed E-state index contributed by atoms with van der Waals surface area (Å²) >= 11 is 0. The molecule has 3 aliphatic heterocycles. The zero-order chi connectivity index (χ0) is 28.2. The van der Waals surface area contributed by atoms with E-state index in [2.05, 4.69) is 10.6 Å². The largest absolute Gasteiger partial charge is 0.471 e. The van der Waals surface area contributed by atoms with Gasteiger partial charge in [0.15, 0.2) is 0 Å². The van der Waals surface area contributed by atoms with Crippen molar-refractivity contribution in [3.05, 3.63) is 0 Å². The Morgan fingerprint density at radius 2 is 1.97 bits per heavy atom. The molecule has 10 nitrogen and oxygen atoms in total. The van der Waals surface area contributed by atoms with Crippen molar-refractivity contribution in [2.75, 3.05) is 13.2 Å². The standard InChI is InChI=1S/C25H36F3N5O5/c1-23(2)9-12(19(34)32-23)8-13(10-29)30-20(35)18-16-14(24(16,3)4)11-33(18)21(36)17(15-6-5-7-38-15)31-22(37)25(26,27)28/h12-18,21,36H,5-9,11H2,1-4H3,(H,30,35)(H,31,37)(H,32,34)/t12-,13+,14+,15?,16+,17+,18+,21?/m1/s1. The van der Waals surface area contributed by atoms with Gasteiger partial charge in [-0.2, -0.15) is 18.4 Å². The van der Waals surface area contributed by atoms with Crippen LogP contribution in [0.4, 0.5) is 13.2 Å². The fourth-order valence-electron chi connectivity index (χ4n) is 6.65. The Morgan fingerprint density at radius 3 is 2.50 bits per heavy atom. The lowest BCUT2D eigenvalue weighted by Gasteiger charge is -2.39. The average molecular weight is 544 g/mol. The summed E-state index contributed by atoms with van der Waals surface area (Å²) < 4.78 is 44.7. The number of fused-ring (bicyclic) bond motifs is 1. The summed E-state index contributed by atoms with van der Waals surface area (Å²) in [4.78, 5) is 39.1. The molecule has 13 heteroatoms. The third-order valence-corrected chi connectivity index (χ3v) is 8.68. The Morgan fingerprint density at radius 1 is 1.29 bits per heavy atom. The van der Waals surface area contributed by atoms with Gasteiger partial charge >= 0.3 is 12.1 Å². The molecule has 0 aromatic heterocycles. The quantitative estimate of drug-likeness (QED) is 0.355. The molecule has 3 amide bonds. The van der Waals surface area contributed by atoms with Crippen LogP contribution in [0.2, 0.25) is 0 Å². The molecule has 0 bridgehead atoms. The molecule has 212 valence electrons. The van der Waals surface area contributed by atoms with Crippen LogP contribution in [0.5, 0.6) is 0 Å². The molecule has 8 atom stereocenters. The van der Waals surface area contributed by atoms with Crippen LogP contribution in [0, 0.1) is 34.5 Å². The van der Waals surface area contributed by atoms with Crippen molar-refractivity contribution in [2.24, 2.45) is 23.2 Å². The number of ether oxygens (including phenoxy) is 1. The fraction of sp³-hybridized carbons (Fsp3) is 0.840. The molecule has 4 rings (SSSR count). The van der Waals surface area contributed by atoms with Crippen LogP contribution in [0.1, 0.15) is 53.4 Å². The Bertz CT molecular complexity index is 1010. The number of aliphatic hydroxyl groups excluding tert-OH is 1. The second kappa shape index (κ2) is 9.95. The number of likely N-dealkylation sites (tertiary alicyclic amines) is 1. The maximum atomic E-state index is 13.5. The second-order valence-electron chi connectivity index (χ2n) is 12.3. The van der Waals surface area contributed by atoms with Gasteiger partial charge in [0, 0.05) is 24.6 Å².